The van der Waals surface area contributed by atoms with Crippen LogP contribution < -0.4 is 5.73 Å². The fourth-order valence-electron chi connectivity index (χ4n) is 2.27. The van der Waals surface area contributed by atoms with Crippen molar-refractivity contribution in [1.82, 2.24) is 0 Å². The van der Waals surface area contributed by atoms with Gasteiger partial charge in [-0.1, -0.05) is 12.1 Å². The predicted octanol–water partition coefficient (Wildman–Crippen LogP) is 2.62. The Kier molecular flexibility index (Phi) is 3.45. The van der Waals surface area contributed by atoms with Crippen molar-refractivity contribution >= 4 is 17.4 Å². The summed E-state index contributed by atoms with van der Waals surface area (Å²) in [5.74, 6) is 2.61. The van der Waals surface area contributed by atoms with Gasteiger partial charge in [-0.25, -0.2) is 0 Å². The summed E-state index contributed by atoms with van der Waals surface area (Å²) in [5.41, 5.74) is 6.69. The molecule has 16 heavy (non-hydrogen) atoms. The molecule has 1 aromatic carbocycles. The summed E-state index contributed by atoms with van der Waals surface area (Å²) in [5, 5.41) is 10.7. The lowest BCUT2D eigenvalue weighted by atomic mass is 9.81. The maximum atomic E-state index is 10.7. The largest absolute Gasteiger partial charge is 0.399 e. The Bertz CT molecular complexity index is 359. The zero-order valence-corrected chi connectivity index (χ0v) is 10.5. The van der Waals surface area contributed by atoms with Crippen molar-refractivity contribution in [3.05, 3.63) is 29.8 Å². The third-order valence-corrected chi connectivity index (χ3v) is 4.64. The van der Waals surface area contributed by atoms with Gasteiger partial charge in [0, 0.05) is 11.6 Å². The Morgan fingerprint density at radius 2 is 2.31 bits per heavy atom. The minimum atomic E-state index is -0.747. The van der Waals surface area contributed by atoms with Gasteiger partial charge in [0.15, 0.2) is 0 Å². The van der Waals surface area contributed by atoms with Gasteiger partial charge in [-0.3, -0.25) is 0 Å². The Balaban J connectivity index is 2.22. The van der Waals surface area contributed by atoms with E-state index in [4.69, 9.17) is 5.73 Å². The molecule has 3 heteroatoms. The molecule has 0 amide bonds. The van der Waals surface area contributed by atoms with E-state index in [0.717, 1.165) is 23.4 Å². The molecule has 3 N–H and O–H groups in total. The number of hydrogen-bond donors (Lipinski definition) is 2. The van der Waals surface area contributed by atoms with Crippen molar-refractivity contribution < 1.29 is 5.11 Å². The lowest BCUT2D eigenvalue weighted by Crippen LogP contribution is -2.35. The van der Waals surface area contributed by atoms with Gasteiger partial charge in [0.1, 0.15) is 0 Å². The molecule has 0 saturated carbocycles. The summed E-state index contributed by atoms with van der Waals surface area (Å²) < 4.78 is 0. The van der Waals surface area contributed by atoms with Crippen LogP contribution in [-0.2, 0) is 5.60 Å². The quantitative estimate of drug-likeness (QED) is 0.777. The number of nitrogens with two attached hydrogens (primary N) is 1. The second-order valence-corrected chi connectivity index (χ2v) is 5.84. The highest BCUT2D eigenvalue weighted by atomic mass is 32.2. The Morgan fingerprint density at radius 3 is 2.94 bits per heavy atom. The third kappa shape index (κ3) is 2.36. The number of aliphatic hydroxyl groups is 1. The molecule has 0 radical (unpaired) electrons. The van der Waals surface area contributed by atoms with Crippen LogP contribution in [0.2, 0.25) is 0 Å². The van der Waals surface area contributed by atoms with Crippen molar-refractivity contribution in [2.24, 2.45) is 5.92 Å². The molecule has 1 aliphatic rings. The highest BCUT2D eigenvalue weighted by Crippen LogP contribution is 2.38. The number of anilines is 1. The van der Waals surface area contributed by atoms with E-state index in [-0.39, 0.29) is 0 Å². The Hall–Kier alpha value is -0.670. The summed E-state index contributed by atoms with van der Waals surface area (Å²) in [6, 6.07) is 7.62. The molecule has 1 fully saturated rings. The monoisotopic (exact) mass is 237 g/mol. The molecular weight excluding hydrogens is 218 g/mol. The molecule has 0 aliphatic carbocycles. The van der Waals surface area contributed by atoms with E-state index in [9.17, 15) is 5.11 Å². The first-order chi connectivity index (χ1) is 7.60. The van der Waals surface area contributed by atoms with Gasteiger partial charge in [-0.05, 0) is 49.0 Å². The molecular formula is C13H19NOS. The molecule has 2 unspecified atom stereocenters. The third-order valence-electron chi connectivity index (χ3n) is 3.43. The highest BCUT2D eigenvalue weighted by molar-refractivity contribution is 7.99. The van der Waals surface area contributed by atoms with Crippen molar-refractivity contribution in [1.29, 1.82) is 0 Å². The predicted molar refractivity (Wildman–Crippen MR) is 70.5 cm³/mol. The van der Waals surface area contributed by atoms with Gasteiger partial charge >= 0.3 is 0 Å². The molecule has 2 atom stereocenters. The summed E-state index contributed by atoms with van der Waals surface area (Å²) >= 11 is 1.94. The van der Waals surface area contributed by atoms with E-state index in [1.165, 1.54) is 12.2 Å². The number of rotatable bonds is 2. The van der Waals surface area contributed by atoms with E-state index >= 15 is 0 Å². The fourth-order valence-corrected chi connectivity index (χ4v) is 3.59. The molecule has 1 aliphatic heterocycles. The van der Waals surface area contributed by atoms with Crippen LogP contribution >= 0.6 is 11.8 Å². The van der Waals surface area contributed by atoms with Gasteiger partial charge < -0.3 is 10.8 Å². The number of thioether (sulfide) groups is 1. The molecule has 2 rings (SSSR count). The SMILES string of the molecule is CC(O)(c1cccc(N)c1)C1CCCSC1. The second-order valence-electron chi connectivity index (χ2n) is 4.69. The molecule has 88 valence electrons. The van der Waals surface area contributed by atoms with Crippen molar-refractivity contribution in [2.45, 2.75) is 25.4 Å². The van der Waals surface area contributed by atoms with Crippen molar-refractivity contribution in [3.8, 4) is 0 Å². The average Bonchev–Trinajstić information content (AvgIpc) is 2.30. The number of benzene rings is 1. The summed E-state index contributed by atoms with van der Waals surface area (Å²) in [6.07, 6.45) is 2.31. The zero-order chi connectivity index (χ0) is 11.6. The molecule has 1 aromatic rings. The van der Waals surface area contributed by atoms with E-state index < -0.39 is 5.60 Å². The second kappa shape index (κ2) is 4.68. The van der Waals surface area contributed by atoms with E-state index in [2.05, 4.69) is 0 Å². The molecule has 2 nitrogen and oxygen atoms in total. The topological polar surface area (TPSA) is 46.2 Å². The molecule has 0 aromatic heterocycles. The van der Waals surface area contributed by atoms with E-state index in [1.807, 2.05) is 43.0 Å². The smallest absolute Gasteiger partial charge is 0.0905 e. The lowest BCUT2D eigenvalue weighted by Gasteiger charge is -2.35. The molecule has 0 spiro atoms. The summed E-state index contributed by atoms with van der Waals surface area (Å²) in [6.45, 7) is 1.92. The molecule has 1 heterocycles. The highest BCUT2D eigenvalue weighted by Gasteiger charge is 2.34. The minimum absolute atomic E-state index is 0.341. The van der Waals surface area contributed by atoms with Crippen LogP contribution in [0.3, 0.4) is 0 Å². The van der Waals surface area contributed by atoms with Crippen molar-refractivity contribution in [3.63, 3.8) is 0 Å². The Labute approximate surface area is 101 Å². The summed E-state index contributed by atoms with van der Waals surface area (Å²) in [7, 11) is 0. The summed E-state index contributed by atoms with van der Waals surface area (Å²) in [4.78, 5) is 0. The molecule has 0 bridgehead atoms. The van der Waals surface area contributed by atoms with Crippen LogP contribution in [0.5, 0.6) is 0 Å². The van der Waals surface area contributed by atoms with Gasteiger partial charge in [0.2, 0.25) is 0 Å². The van der Waals surface area contributed by atoms with E-state index in [1.54, 1.807) is 0 Å². The standard InChI is InChI=1S/C13H19NOS/c1-13(15,11-5-3-7-16-9-11)10-4-2-6-12(14)8-10/h2,4,6,8,11,15H,3,5,7,9,14H2,1H3. The number of nitrogen functional groups attached to an aromatic ring is 1. The van der Waals surface area contributed by atoms with Gasteiger partial charge in [0.25, 0.3) is 0 Å². The number of hydrogen-bond acceptors (Lipinski definition) is 3. The molecule has 1 saturated heterocycles. The van der Waals surface area contributed by atoms with Crippen LogP contribution in [0.1, 0.15) is 25.3 Å². The zero-order valence-electron chi connectivity index (χ0n) is 9.65. The van der Waals surface area contributed by atoms with Crippen LogP contribution in [-0.4, -0.2) is 16.6 Å². The van der Waals surface area contributed by atoms with Gasteiger partial charge in [-0.15, -0.1) is 0 Å². The first kappa shape index (κ1) is 11.8. The van der Waals surface area contributed by atoms with Gasteiger partial charge in [-0.2, -0.15) is 11.8 Å². The van der Waals surface area contributed by atoms with Crippen LogP contribution in [0.15, 0.2) is 24.3 Å². The van der Waals surface area contributed by atoms with Crippen LogP contribution in [0, 0.1) is 5.92 Å². The van der Waals surface area contributed by atoms with Crippen LogP contribution in [0.25, 0.3) is 0 Å². The Morgan fingerprint density at radius 1 is 1.50 bits per heavy atom. The minimum Gasteiger partial charge on any atom is -0.399 e. The lowest BCUT2D eigenvalue weighted by molar-refractivity contribution is -0.00101. The maximum absolute atomic E-state index is 10.7. The maximum Gasteiger partial charge on any atom is 0.0905 e. The van der Waals surface area contributed by atoms with Crippen molar-refractivity contribution in [2.75, 3.05) is 17.2 Å². The fraction of sp³-hybridized carbons (Fsp3) is 0.538. The first-order valence-corrected chi connectivity index (χ1v) is 6.92. The van der Waals surface area contributed by atoms with Crippen LogP contribution in [0.4, 0.5) is 5.69 Å². The van der Waals surface area contributed by atoms with Gasteiger partial charge in [0.05, 0.1) is 5.60 Å². The van der Waals surface area contributed by atoms with E-state index in [0.29, 0.717) is 5.92 Å². The normalized spacial score (nSPS) is 25.0. The first-order valence-electron chi connectivity index (χ1n) is 5.77. The average molecular weight is 237 g/mol.